The number of nitrogens with one attached hydrogen (secondary N) is 1. The number of carbonyl (C=O) groups is 2. The molecule has 2 rings (SSSR count). The molecule has 0 aromatic heterocycles. The number of anilines is 1. The van der Waals surface area contributed by atoms with E-state index in [1.807, 2.05) is 42.5 Å². The summed E-state index contributed by atoms with van der Waals surface area (Å²) in [7, 11) is 3.37. The number of nitrogens with two attached hydrogens (primary N) is 1. The van der Waals surface area contributed by atoms with Gasteiger partial charge in [-0.3, -0.25) is 9.59 Å². The molecule has 2 amide bonds. The molecule has 126 valence electrons. The highest BCUT2D eigenvalue weighted by molar-refractivity contribution is 5.88. The molecule has 5 nitrogen and oxygen atoms in total. The van der Waals surface area contributed by atoms with Crippen LogP contribution < -0.4 is 11.1 Å². The lowest BCUT2D eigenvalue weighted by Crippen LogP contribution is -2.48. The minimum atomic E-state index is -0.580. The molecule has 0 aliphatic rings. The lowest BCUT2D eigenvalue weighted by molar-refractivity contribution is -0.134. The van der Waals surface area contributed by atoms with Crippen LogP contribution in [0.2, 0.25) is 0 Å². The van der Waals surface area contributed by atoms with Gasteiger partial charge in [0.05, 0.1) is 6.42 Å². The largest absolute Gasteiger partial charge is 0.399 e. The second-order valence-corrected chi connectivity index (χ2v) is 5.96. The van der Waals surface area contributed by atoms with Gasteiger partial charge in [-0.15, -0.1) is 0 Å². The van der Waals surface area contributed by atoms with E-state index in [9.17, 15) is 9.59 Å². The standard InChI is InChI=1S/C19H23N3O2/c1-22(2)19(24)17(12-14-6-4-3-5-7-14)21-18(23)13-15-8-10-16(20)11-9-15/h3-11,17H,12-13,20H2,1-2H3,(H,21,23). The molecule has 0 heterocycles. The van der Waals surface area contributed by atoms with Crippen LogP contribution in [0, 0.1) is 0 Å². The summed E-state index contributed by atoms with van der Waals surface area (Å²) in [6, 6.07) is 16.2. The number of nitrogen functional groups attached to an aromatic ring is 1. The van der Waals surface area contributed by atoms with Gasteiger partial charge in [-0.1, -0.05) is 42.5 Å². The number of amides is 2. The van der Waals surface area contributed by atoms with Crippen LogP contribution in [0.5, 0.6) is 0 Å². The normalized spacial score (nSPS) is 11.6. The Morgan fingerprint density at radius 3 is 2.21 bits per heavy atom. The monoisotopic (exact) mass is 325 g/mol. The number of benzene rings is 2. The highest BCUT2D eigenvalue weighted by Gasteiger charge is 2.22. The van der Waals surface area contributed by atoms with E-state index >= 15 is 0 Å². The Bertz CT molecular complexity index is 682. The Kier molecular flexibility index (Phi) is 5.95. The first-order valence-electron chi connectivity index (χ1n) is 7.84. The first kappa shape index (κ1) is 17.5. The maximum absolute atomic E-state index is 12.4. The van der Waals surface area contributed by atoms with Gasteiger partial charge in [0.1, 0.15) is 6.04 Å². The van der Waals surface area contributed by atoms with E-state index in [2.05, 4.69) is 5.32 Å². The van der Waals surface area contributed by atoms with E-state index < -0.39 is 6.04 Å². The van der Waals surface area contributed by atoms with Crippen LogP contribution in [0.25, 0.3) is 0 Å². The molecule has 0 saturated carbocycles. The van der Waals surface area contributed by atoms with Crippen LogP contribution in [-0.2, 0) is 22.4 Å². The molecule has 0 bridgehead atoms. The fourth-order valence-electron chi connectivity index (χ4n) is 2.43. The number of carbonyl (C=O) groups excluding carboxylic acids is 2. The maximum atomic E-state index is 12.4. The van der Waals surface area contributed by atoms with Crippen molar-refractivity contribution in [1.82, 2.24) is 10.2 Å². The molecular weight excluding hydrogens is 302 g/mol. The highest BCUT2D eigenvalue weighted by atomic mass is 16.2. The highest BCUT2D eigenvalue weighted by Crippen LogP contribution is 2.08. The molecular formula is C19H23N3O2. The first-order valence-corrected chi connectivity index (χ1v) is 7.84. The van der Waals surface area contributed by atoms with Gasteiger partial charge >= 0.3 is 0 Å². The van der Waals surface area contributed by atoms with Crippen molar-refractivity contribution in [2.75, 3.05) is 19.8 Å². The van der Waals surface area contributed by atoms with E-state index in [0.717, 1.165) is 11.1 Å². The molecule has 0 radical (unpaired) electrons. The smallest absolute Gasteiger partial charge is 0.244 e. The molecule has 24 heavy (non-hydrogen) atoms. The summed E-state index contributed by atoms with van der Waals surface area (Å²) >= 11 is 0. The predicted molar refractivity (Wildman–Crippen MR) is 95.3 cm³/mol. The Balaban J connectivity index is 2.05. The quantitative estimate of drug-likeness (QED) is 0.793. The molecule has 1 unspecified atom stereocenters. The number of nitrogens with zero attached hydrogens (tertiary/aromatic N) is 1. The molecule has 5 heteroatoms. The van der Waals surface area contributed by atoms with Gasteiger partial charge in [0.15, 0.2) is 0 Å². The third-order valence-electron chi connectivity index (χ3n) is 3.70. The molecule has 2 aromatic carbocycles. The summed E-state index contributed by atoms with van der Waals surface area (Å²) in [5, 5.41) is 2.85. The molecule has 0 aliphatic heterocycles. The van der Waals surface area contributed by atoms with Gasteiger partial charge in [0.2, 0.25) is 11.8 Å². The van der Waals surface area contributed by atoms with Gasteiger partial charge in [-0.2, -0.15) is 0 Å². The average Bonchev–Trinajstić information content (AvgIpc) is 2.56. The number of likely N-dealkylation sites (N-methyl/N-ethyl adjacent to an activating group) is 1. The predicted octanol–water partition coefficient (Wildman–Crippen LogP) is 1.63. The van der Waals surface area contributed by atoms with Gasteiger partial charge in [-0.25, -0.2) is 0 Å². The zero-order valence-electron chi connectivity index (χ0n) is 14.0. The van der Waals surface area contributed by atoms with Gasteiger partial charge < -0.3 is 16.0 Å². The Labute approximate surface area is 142 Å². The number of hydrogen-bond acceptors (Lipinski definition) is 3. The van der Waals surface area contributed by atoms with Crippen molar-refractivity contribution in [2.45, 2.75) is 18.9 Å². The third kappa shape index (κ3) is 5.12. The maximum Gasteiger partial charge on any atom is 0.244 e. The molecule has 2 aromatic rings. The first-order chi connectivity index (χ1) is 11.5. The topological polar surface area (TPSA) is 75.4 Å². The summed E-state index contributed by atoms with van der Waals surface area (Å²) in [5.41, 5.74) is 8.17. The van der Waals surface area contributed by atoms with E-state index in [1.54, 1.807) is 26.2 Å². The molecule has 3 N–H and O–H groups in total. The summed E-state index contributed by atoms with van der Waals surface area (Å²) in [4.78, 5) is 26.2. The third-order valence-corrected chi connectivity index (χ3v) is 3.70. The fraction of sp³-hybridized carbons (Fsp3) is 0.263. The van der Waals surface area contributed by atoms with E-state index in [0.29, 0.717) is 12.1 Å². The minimum absolute atomic E-state index is 0.121. The zero-order valence-corrected chi connectivity index (χ0v) is 14.0. The molecule has 0 spiro atoms. The van der Waals surface area contributed by atoms with Crippen LogP contribution in [0.3, 0.4) is 0 Å². The van der Waals surface area contributed by atoms with Crippen molar-refractivity contribution in [3.8, 4) is 0 Å². The molecule has 0 fully saturated rings. The van der Waals surface area contributed by atoms with E-state index in [-0.39, 0.29) is 18.2 Å². The van der Waals surface area contributed by atoms with Crippen molar-refractivity contribution in [3.63, 3.8) is 0 Å². The van der Waals surface area contributed by atoms with E-state index in [4.69, 9.17) is 5.73 Å². The van der Waals surface area contributed by atoms with Gasteiger partial charge in [0, 0.05) is 26.2 Å². The summed E-state index contributed by atoms with van der Waals surface area (Å²) in [6.07, 6.45) is 0.678. The molecule has 1 atom stereocenters. The van der Waals surface area contributed by atoms with Crippen LogP contribution in [0.4, 0.5) is 5.69 Å². The average molecular weight is 325 g/mol. The van der Waals surface area contributed by atoms with Crippen molar-refractivity contribution in [3.05, 3.63) is 65.7 Å². The summed E-state index contributed by atoms with van der Waals surface area (Å²) in [6.45, 7) is 0. The molecule has 0 aliphatic carbocycles. The van der Waals surface area contributed by atoms with Crippen molar-refractivity contribution < 1.29 is 9.59 Å². The summed E-state index contributed by atoms with van der Waals surface area (Å²) < 4.78 is 0. The van der Waals surface area contributed by atoms with Crippen molar-refractivity contribution >= 4 is 17.5 Å². The van der Waals surface area contributed by atoms with Gasteiger partial charge in [0.25, 0.3) is 0 Å². The lowest BCUT2D eigenvalue weighted by Gasteiger charge is -2.22. The zero-order chi connectivity index (χ0) is 17.5. The van der Waals surface area contributed by atoms with Crippen LogP contribution in [0.15, 0.2) is 54.6 Å². The van der Waals surface area contributed by atoms with Crippen molar-refractivity contribution in [2.24, 2.45) is 0 Å². The summed E-state index contributed by atoms with van der Waals surface area (Å²) in [5.74, 6) is -0.305. The van der Waals surface area contributed by atoms with Crippen molar-refractivity contribution in [1.29, 1.82) is 0 Å². The molecule has 0 saturated heterocycles. The Hall–Kier alpha value is -2.82. The van der Waals surface area contributed by atoms with Crippen LogP contribution in [-0.4, -0.2) is 36.9 Å². The SMILES string of the molecule is CN(C)C(=O)C(Cc1ccccc1)NC(=O)Cc1ccc(N)cc1. The fourth-order valence-corrected chi connectivity index (χ4v) is 2.43. The Morgan fingerprint density at radius 1 is 1.00 bits per heavy atom. The second-order valence-electron chi connectivity index (χ2n) is 5.96. The van der Waals surface area contributed by atoms with Gasteiger partial charge in [-0.05, 0) is 23.3 Å². The van der Waals surface area contributed by atoms with Crippen LogP contribution >= 0.6 is 0 Å². The Morgan fingerprint density at radius 2 is 1.62 bits per heavy atom. The lowest BCUT2D eigenvalue weighted by atomic mass is 10.0. The number of hydrogen-bond donors (Lipinski definition) is 2. The number of rotatable bonds is 6. The second kappa shape index (κ2) is 8.15. The van der Waals surface area contributed by atoms with Crippen LogP contribution in [0.1, 0.15) is 11.1 Å². The van der Waals surface area contributed by atoms with E-state index in [1.165, 1.54) is 4.90 Å². The minimum Gasteiger partial charge on any atom is -0.399 e.